The maximum atomic E-state index is 2.82. The van der Waals surface area contributed by atoms with Gasteiger partial charge in [0.2, 0.25) is 0 Å². The van der Waals surface area contributed by atoms with Gasteiger partial charge in [0.15, 0.2) is 0 Å². The highest BCUT2D eigenvalue weighted by Crippen LogP contribution is 2.29. The molecule has 1 saturated heterocycles. The molecule has 2 nitrogen and oxygen atoms in total. The monoisotopic (exact) mass is 408 g/mol. The molecule has 0 radical (unpaired) electrons. The van der Waals surface area contributed by atoms with Crippen LogP contribution in [0.4, 0.5) is 0 Å². The second kappa shape index (κ2) is 12.0. The lowest BCUT2D eigenvalue weighted by atomic mass is 9.96. The Morgan fingerprint density at radius 3 is 1.54 bits per heavy atom. The van der Waals surface area contributed by atoms with Gasteiger partial charge < -0.3 is 3.88 Å². The fraction of sp³-hybridized carbons (Fsp3) is 0.429. The molecule has 5 heteroatoms. The van der Waals surface area contributed by atoms with Gasteiger partial charge in [-0.1, -0.05) is 85.1 Å². The van der Waals surface area contributed by atoms with E-state index in [-0.39, 0.29) is 24.8 Å². The summed E-state index contributed by atoms with van der Waals surface area (Å²) in [5, 5.41) is 2.80. The normalized spacial score (nSPS) is 15.2. The standard InChI is InChI=1S/C17H19N2.2C2H5.Al.2ClH/c1-3-7-15(8-4-1)17(16-9-5-2-6-10-16)19-13-11-18-12-14-19;2*1-2;;;/h1-10,17H,11-14H2;2*1H2,2H3;;2*1H/q-1;;;+1;;. The van der Waals surface area contributed by atoms with E-state index in [1.165, 1.54) is 47.9 Å². The van der Waals surface area contributed by atoms with Crippen molar-refractivity contribution in [3.63, 3.8) is 0 Å². The highest BCUT2D eigenvalue weighted by atomic mass is 35.5. The van der Waals surface area contributed by atoms with Crippen molar-refractivity contribution in [1.29, 1.82) is 0 Å². The van der Waals surface area contributed by atoms with Gasteiger partial charge in [-0.25, -0.2) is 0 Å². The fourth-order valence-electron chi connectivity index (χ4n) is 4.05. The molecule has 1 aliphatic rings. The third-order valence-corrected chi connectivity index (χ3v) is 8.84. The molecule has 0 bridgehead atoms. The third-order valence-electron chi connectivity index (χ3n) is 5.40. The number of hydrogen-bond donors (Lipinski definition) is 0. The summed E-state index contributed by atoms with van der Waals surface area (Å²) in [7, 11) is 0. The first-order chi connectivity index (χ1) is 11.8. The van der Waals surface area contributed by atoms with Crippen LogP contribution in [0.2, 0.25) is 10.6 Å². The van der Waals surface area contributed by atoms with Crippen molar-refractivity contribution >= 4 is 39.2 Å². The van der Waals surface area contributed by atoms with Crippen LogP contribution >= 0.6 is 24.8 Å². The van der Waals surface area contributed by atoms with Crippen molar-refractivity contribution in [2.24, 2.45) is 0 Å². The molecular formula is C21H31AlCl2N2. The minimum Gasteiger partial charge on any atom is -0.382 e. The van der Waals surface area contributed by atoms with Crippen molar-refractivity contribution in [1.82, 2.24) is 8.78 Å². The summed E-state index contributed by atoms with van der Waals surface area (Å²) >= 11 is -0.673. The maximum Gasteiger partial charge on any atom is 0.372 e. The van der Waals surface area contributed by atoms with Crippen molar-refractivity contribution in [2.45, 2.75) is 30.5 Å². The lowest BCUT2D eigenvalue weighted by molar-refractivity contribution is 0.153. The second-order valence-electron chi connectivity index (χ2n) is 6.77. The van der Waals surface area contributed by atoms with Crippen molar-refractivity contribution in [2.75, 3.05) is 26.2 Å². The van der Waals surface area contributed by atoms with E-state index in [0.717, 1.165) is 0 Å². The maximum absolute atomic E-state index is 2.82. The Balaban J connectivity index is 0.00000169. The van der Waals surface area contributed by atoms with E-state index < -0.39 is 14.4 Å². The number of hydrogen-bond acceptors (Lipinski definition) is 2. The Hall–Kier alpha value is -0.528. The Morgan fingerprint density at radius 2 is 1.15 bits per heavy atom. The van der Waals surface area contributed by atoms with E-state index >= 15 is 0 Å². The summed E-state index contributed by atoms with van der Waals surface area (Å²) in [6, 6.07) is 22.4. The average Bonchev–Trinajstić information content (AvgIpc) is 2.66. The highest BCUT2D eigenvalue weighted by Gasteiger charge is 2.30. The Labute approximate surface area is 176 Å². The lowest BCUT2D eigenvalue weighted by Gasteiger charge is -2.42. The van der Waals surface area contributed by atoms with Gasteiger partial charge in [-0.15, -0.1) is 24.8 Å². The van der Waals surface area contributed by atoms with Crippen molar-refractivity contribution in [3.8, 4) is 0 Å². The van der Waals surface area contributed by atoms with E-state index in [1.807, 2.05) is 0 Å². The number of benzene rings is 2. The number of rotatable bonds is 6. The highest BCUT2D eigenvalue weighted by molar-refractivity contribution is 6.55. The van der Waals surface area contributed by atoms with Crippen LogP contribution in [-0.2, 0) is 0 Å². The molecule has 3 rings (SSSR count). The van der Waals surface area contributed by atoms with E-state index in [0.29, 0.717) is 6.04 Å². The van der Waals surface area contributed by atoms with Crippen molar-refractivity contribution < 1.29 is 0 Å². The quantitative estimate of drug-likeness (QED) is 0.600. The van der Waals surface area contributed by atoms with Gasteiger partial charge in [0.25, 0.3) is 0 Å². The number of halogens is 2. The molecule has 0 amide bonds. The first kappa shape index (κ1) is 23.5. The van der Waals surface area contributed by atoms with Crippen LogP contribution < -0.4 is 0 Å². The molecule has 26 heavy (non-hydrogen) atoms. The minimum absolute atomic E-state index is 0. The van der Waals surface area contributed by atoms with E-state index in [4.69, 9.17) is 0 Å². The largest absolute Gasteiger partial charge is 0.382 e. The number of piperazine rings is 1. The van der Waals surface area contributed by atoms with E-state index in [1.54, 1.807) is 0 Å². The summed E-state index contributed by atoms with van der Waals surface area (Å²) in [6.45, 7) is 9.60. The van der Waals surface area contributed by atoms with Gasteiger partial charge in [-0.2, -0.15) is 0 Å². The van der Waals surface area contributed by atoms with Crippen LogP contribution in [0.1, 0.15) is 31.0 Å². The van der Waals surface area contributed by atoms with Crippen LogP contribution in [-0.4, -0.2) is 49.3 Å². The van der Waals surface area contributed by atoms with Crippen LogP contribution in [0.5, 0.6) is 0 Å². The van der Waals surface area contributed by atoms with E-state index in [2.05, 4.69) is 83.3 Å². The second-order valence-corrected chi connectivity index (χ2v) is 10.4. The van der Waals surface area contributed by atoms with Crippen molar-refractivity contribution in [3.05, 3.63) is 71.8 Å². The lowest BCUT2D eigenvalue weighted by Crippen LogP contribution is -2.52. The summed E-state index contributed by atoms with van der Waals surface area (Å²) in [5.41, 5.74) is 2.83. The Bertz CT molecular complexity index is 560. The van der Waals surface area contributed by atoms with Gasteiger partial charge in [-0.3, -0.25) is 4.90 Å². The molecule has 0 N–H and O–H groups in total. The zero-order chi connectivity index (χ0) is 16.8. The van der Waals surface area contributed by atoms with Crippen LogP contribution in [0.15, 0.2) is 60.7 Å². The number of nitrogens with zero attached hydrogens (tertiary/aromatic N) is 2. The third kappa shape index (κ3) is 5.73. The fourth-order valence-corrected chi connectivity index (χ4v) is 6.62. The molecule has 0 unspecified atom stereocenters. The molecule has 1 heterocycles. The smallest absolute Gasteiger partial charge is 0.372 e. The van der Waals surface area contributed by atoms with Gasteiger partial charge in [-0.05, 0) is 24.2 Å². The average molecular weight is 409 g/mol. The Kier molecular flexibility index (Phi) is 10.9. The Morgan fingerprint density at radius 1 is 0.731 bits per heavy atom. The van der Waals surface area contributed by atoms with Gasteiger partial charge in [0.1, 0.15) is 0 Å². The molecule has 0 aromatic heterocycles. The molecule has 0 atom stereocenters. The molecule has 0 spiro atoms. The molecular weight excluding hydrogens is 378 g/mol. The predicted molar refractivity (Wildman–Crippen MR) is 119 cm³/mol. The van der Waals surface area contributed by atoms with Crippen LogP contribution in [0.3, 0.4) is 0 Å². The predicted octanol–water partition coefficient (Wildman–Crippen LogP) is 5.27. The van der Waals surface area contributed by atoms with E-state index in [9.17, 15) is 0 Å². The first-order valence-corrected chi connectivity index (χ1v) is 11.6. The zero-order valence-corrected chi connectivity index (χ0v) is 18.7. The molecule has 0 aliphatic carbocycles. The zero-order valence-electron chi connectivity index (χ0n) is 15.9. The summed E-state index contributed by atoms with van der Waals surface area (Å²) in [5.74, 6) is 0. The van der Waals surface area contributed by atoms with Crippen LogP contribution in [0, 0.1) is 0 Å². The first-order valence-electron chi connectivity index (χ1n) is 9.41. The molecule has 2 aromatic rings. The van der Waals surface area contributed by atoms with Crippen LogP contribution in [0.25, 0.3) is 0 Å². The van der Waals surface area contributed by atoms with Gasteiger partial charge in [0, 0.05) is 13.1 Å². The summed E-state index contributed by atoms with van der Waals surface area (Å²) in [4.78, 5) is 2.68. The topological polar surface area (TPSA) is 6.48 Å². The molecule has 0 saturated carbocycles. The molecule has 1 aliphatic heterocycles. The molecule has 142 valence electrons. The summed E-state index contributed by atoms with van der Waals surface area (Å²) < 4.78 is 2.82. The molecule has 1 fully saturated rings. The minimum atomic E-state index is -0.673. The summed E-state index contributed by atoms with van der Waals surface area (Å²) in [6.07, 6.45) is 0. The van der Waals surface area contributed by atoms with Gasteiger partial charge in [0.05, 0.1) is 6.04 Å². The van der Waals surface area contributed by atoms with Gasteiger partial charge >= 0.3 is 14.4 Å². The SMILES string of the molecule is C[CH2][Al]([CH2]C)[N]1CCN(C(c2ccccc2)c2ccccc2)CC1.Cl.Cl. The molecule has 2 aromatic carbocycles.